The van der Waals surface area contributed by atoms with Crippen molar-refractivity contribution in [1.82, 2.24) is 0 Å². The third kappa shape index (κ3) is 12.2. The van der Waals surface area contributed by atoms with Crippen molar-refractivity contribution in [2.45, 2.75) is 148 Å². The molecule has 0 saturated heterocycles. The molecule has 1 heterocycles. The van der Waals surface area contributed by atoms with E-state index in [1.54, 1.807) is 4.88 Å². The largest absolute Gasteiger partial charge is 0.149 e. The van der Waals surface area contributed by atoms with E-state index >= 15 is 0 Å². The van der Waals surface area contributed by atoms with Crippen molar-refractivity contribution in [3.63, 3.8) is 0 Å². The van der Waals surface area contributed by atoms with Gasteiger partial charge < -0.3 is 0 Å². The normalized spacial score (nSPS) is 19.6. The molecule has 0 radical (unpaired) electrons. The maximum Gasteiger partial charge on any atom is 0.00761 e. The van der Waals surface area contributed by atoms with Gasteiger partial charge in [0.25, 0.3) is 0 Å². The van der Waals surface area contributed by atoms with Crippen LogP contribution in [0.3, 0.4) is 0 Å². The first-order chi connectivity index (χ1) is 14.4. The van der Waals surface area contributed by atoms with E-state index in [0.717, 1.165) is 11.8 Å². The molecule has 0 spiro atoms. The quantitative estimate of drug-likeness (QED) is 0.208. The topological polar surface area (TPSA) is 0 Å². The Labute approximate surface area is 187 Å². The van der Waals surface area contributed by atoms with Crippen molar-refractivity contribution in [3.8, 4) is 0 Å². The lowest BCUT2D eigenvalue weighted by molar-refractivity contribution is 0.303. The molecular weight excluding hydrogens is 368 g/mol. The molecule has 1 fully saturated rings. The molecule has 0 N–H and O–H groups in total. The molecule has 1 saturated carbocycles. The Bertz CT molecular complexity index is 441. The molecule has 168 valence electrons. The van der Waals surface area contributed by atoms with Gasteiger partial charge in [-0.05, 0) is 49.0 Å². The molecule has 0 nitrogen and oxygen atoms in total. The van der Waals surface area contributed by atoms with Crippen LogP contribution in [0.25, 0.3) is 0 Å². The van der Waals surface area contributed by atoms with E-state index < -0.39 is 0 Å². The van der Waals surface area contributed by atoms with Gasteiger partial charge in [0.15, 0.2) is 0 Å². The lowest BCUT2D eigenvalue weighted by Crippen LogP contribution is -2.12. The Kier molecular flexibility index (Phi) is 15.0. The predicted octanol–water partition coefficient (Wildman–Crippen LogP) is 10.7. The SMILES string of the molecule is CCCCCCCCCCCCCCCCCCC1CCC(c2cccs2)CC1. The average Bonchev–Trinajstić information content (AvgIpc) is 3.29. The summed E-state index contributed by atoms with van der Waals surface area (Å²) in [5.41, 5.74) is 0. The van der Waals surface area contributed by atoms with E-state index in [-0.39, 0.29) is 0 Å². The van der Waals surface area contributed by atoms with Crippen LogP contribution in [-0.4, -0.2) is 0 Å². The predicted molar refractivity (Wildman–Crippen MR) is 133 cm³/mol. The van der Waals surface area contributed by atoms with Gasteiger partial charge in [-0.15, -0.1) is 11.3 Å². The monoisotopic (exact) mass is 418 g/mol. The van der Waals surface area contributed by atoms with Gasteiger partial charge in [-0.2, -0.15) is 0 Å². The molecule has 0 aromatic carbocycles. The summed E-state index contributed by atoms with van der Waals surface area (Å²) in [6.07, 6.45) is 31.0. The zero-order chi connectivity index (χ0) is 20.4. The Morgan fingerprint density at radius 1 is 0.655 bits per heavy atom. The van der Waals surface area contributed by atoms with Gasteiger partial charge in [0.1, 0.15) is 0 Å². The first-order valence-corrected chi connectivity index (χ1v) is 14.3. The molecule has 1 aromatic heterocycles. The van der Waals surface area contributed by atoms with Gasteiger partial charge in [0, 0.05) is 4.88 Å². The lowest BCUT2D eigenvalue weighted by atomic mass is 9.79. The second-order valence-electron chi connectivity index (χ2n) is 9.83. The zero-order valence-corrected chi connectivity index (χ0v) is 20.5. The number of rotatable bonds is 18. The summed E-state index contributed by atoms with van der Waals surface area (Å²) >= 11 is 1.97. The molecule has 1 aliphatic carbocycles. The second kappa shape index (κ2) is 17.4. The number of hydrogen-bond donors (Lipinski definition) is 0. The molecule has 2 rings (SSSR count). The summed E-state index contributed by atoms with van der Waals surface area (Å²) in [4.78, 5) is 1.64. The molecule has 0 aliphatic heterocycles. The summed E-state index contributed by atoms with van der Waals surface area (Å²) in [5, 5.41) is 2.25. The Morgan fingerprint density at radius 2 is 1.14 bits per heavy atom. The van der Waals surface area contributed by atoms with E-state index in [1.165, 1.54) is 135 Å². The standard InChI is InChI=1S/C28H50S/c1-2-3-4-5-6-7-8-9-10-11-12-13-14-15-16-17-19-26-21-23-27(24-22-26)28-20-18-25-29-28/h18,20,25-27H,2-17,19,21-24H2,1H3. The van der Waals surface area contributed by atoms with E-state index in [1.807, 2.05) is 11.3 Å². The van der Waals surface area contributed by atoms with Crippen LogP contribution in [0.4, 0.5) is 0 Å². The Hall–Kier alpha value is -0.300. The third-order valence-electron chi connectivity index (χ3n) is 7.26. The highest BCUT2D eigenvalue weighted by atomic mass is 32.1. The van der Waals surface area contributed by atoms with Crippen LogP contribution in [0, 0.1) is 5.92 Å². The fourth-order valence-electron chi connectivity index (χ4n) is 5.24. The van der Waals surface area contributed by atoms with E-state index in [4.69, 9.17) is 0 Å². The summed E-state index contributed by atoms with van der Waals surface area (Å²) in [5.74, 6) is 1.93. The van der Waals surface area contributed by atoms with Gasteiger partial charge in [0.2, 0.25) is 0 Å². The zero-order valence-electron chi connectivity index (χ0n) is 19.6. The molecule has 1 heteroatoms. The number of unbranched alkanes of at least 4 members (excludes halogenated alkanes) is 15. The number of hydrogen-bond acceptors (Lipinski definition) is 1. The van der Waals surface area contributed by atoms with Gasteiger partial charge in [-0.1, -0.05) is 122 Å². The molecule has 1 aromatic rings. The second-order valence-corrected chi connectivity index (χ2v) is 10.8. The van der Waals surface area contributed by atoms with Gasteiger partial charge in [0.05, 0.1) is 0 Å². The van der Waals surface area contributed by atoms with Crippen LogP contribution in [0.5, 0.6) is 0 Å². The highest BCUT2D eigenvalue weighted by Gasteiger charge is 2.22. The lowest BCUT2D eigenvalue weighted by Gasteiger charge is -2.28. The fraction of sp³-hybridized carbons (Fsp3) is 0.857. The van der Waals surface area contributed by atoms with Crippen LogP contribution in [0.1, 0.15) is 153 Å². The van der Waals surface area contributed by atoms with Crippen molar-refractivity contribution < 1.29 is 0 Å². The highest BCUT2D eigenvalue weighted by Crippen LogP contribution is 2.39. The molecule has 0 unspecified atom stereocenters. The molecule has 0 amide bonds. The molecule has 1 aliphatic rings. The molecule has 0 bridgehead atoms. The molecule has 29 heavy (non-hydrogen) atoms. The van der Waals surface area contributed by atoms with Crippen LogP contribution in [0.15, 0.2) is 17.5 Å². The Morgan fingerprint density at radius 3 is 1.59 bits per heavy atom. The van der Waals surface area contributed by atoms with Crippen molar-refractivity contribution in [2.24, 2.45) is 5.92 Å². The first kappa shape index (κ1) is 25.0. The van der Waals surface area contributed by atoms with Gasteiger partial charge in [-0.3, -0.25) is 0 Å². The van der Waals surface area contributed by atoms with Crippen LogP contribution >= 0.6 is 11.3 Å². The summed E-state index contributed by atoms with van der Waals surface area (Å²) < 4.78 is 0. The molecular formula is C28H50S. The van der Waals surface area contributed by atoms with Crippen molar-refractivity contribution in [2.75, 3.05) is 0 Å². The number of thiophene rings is 1. The average molecular weight is 419 g/mol. The summed E-state index contributed by atoms with van der Waals surface area (Å²) in [6.45, 7) is 2.30. The minimum atomic E-state index is 0.886. The van der Waals surface area contributed by atoms with E-state index in [0.29, 0.717) is 0 Å². The van der Waals surface area contributed by atoms with Crippen LogP contribution in [-0.2, 0) is 0 Å². The van der Waals surface area contributed by atoms with Crippen molar-refractivity contribution >= 4 is 11.3 Å². The van der Waals surface area contributed by atoms with E-state index in [2.05, 4.69) is 24.4 Å². The minimum absolute atomic E-state index is 0.886. The minimum Gasteiger partial charge on any atom is -0.149 e. The Balaban J connectivity index is 1.27. The fourth-order valence-corrected chi connectivity index (χ4v) is 6.14. The maximum atomic E-state index is 2.35. The smallest absolute Gasteiger partial charge is 0.00761 e. The van der Waals surface area contributed by atoms with Crippen LogP contribution < -0.4 is 0 Å². The summed E-state index contributed by atoms with van der Waals surface area (Å²) in [7, 11) is 0. The summed E-state index contributed by atoms with van der Waals surface area (Å²) in [6, 6.07) is 4.58. The third-order valence-corrected chi connectivity index (χ3v) is 8.29. The van der Waals surface area contributed by atoms with Crippen LogP contribution in [0.2, 0.25) is 0 Å². The van der Waals surface area contributed by atoms with Gasteiger partial charge in [-0.25, -0.2) is 0 Å². The van der Waals surface area contributed by atoms with E-state index in [9.17, 15) is 0 Å². The van der Waals surface area contributed by atoms with Crippen molar-refractivity contribution in [3.05, 3.63) is 22.4 Å². The molecule has 0 atom stereocenters. The first-order valence-electron chi connectivity index (χ1n) is 13.4. The van der Waals surface area contributed by atoms with Gasteiger partial charge >= 0.3 is 0 Å². The maximum absolute atomic E-state index is 2.35. The van der Waals surface area contributed by atoms with Crippen molar-refractivity contribution in [1.29, 1.82) is 0 Å². The highest BCUT2D eigenvalue weighted by molar-refractivity contribution is 7.10.